The Morgan fingerprint density at radius 1 is 1.38 bits per heavy atom. The van der Waals surface area contributed by atoms with E-state index in [-0.39, 0.29) is 0 Å². The van der Waals surface area contributed by atoms with Gasteiger partial charge in [0, 0.05) is 12.6 Å². The van der Waals surface area contributed by atoms with Gasteiger partial charge in [0.2, 0.25) is 5.88 Å². The van der Waals surface area contributed by atoms with Gasteiger partial charge in [-0.2, -0.15) is 0 Å². The SMILES string of the molecule is CCc1onc(C)c1NC(=O)Nc1cc(C)cnc1OC. The van der Waals surface area contributed by atoms with E-state index in [2.05, 4.69) is 20.8 Å². The van der Waals surface area contributed by atoms with Crippen molar-refractivity contribution in [2.45, 2.75) is 27.2 Å². The molecule has 7 heteroatoms. The molecular formula is C14H18N4O3. The van der Waals surface area contributed by atoms with Crippen LogP contribution in [0.3, 0.4) is 0 Å². The van der Waals surface area contributed by atoms with E-state index in [0.717, 1.165) is 5.56 Å². The van der Waals surface area contributed by atoms with Gasteiger partial charge in [-0.3, -0.25) is 0 Å². The van der Waals surface area contributed by atoms with Crippen molar-refractivity contribution < 1.29 is 14.1 Å². The van der Waals surface area contributed by atoms with Gasteiger partial charge in [0.05, 0.1) is 7.11 Å². The summed E-state index contributed by atoms with van der Waals surface area (Å²) in [5.74, 6) is 0.991. The molecule has 0 spiro atoms. The van der Waals surface area contributed by atoms with Gasteiger partial charge in [-0.05, 0) is 25.5 Å². The zero-order valence-corrected chi connectivity index (χ0v) is 12.5. The minimum atomic E-state index is -0.401. The van der Waals surface area contributed by atoms with E-state index in [9.17, 15) is 4.79 Å². The van der Waals surface area contributed by atoms with Gasteiger partial charge in [-0.1, -0.05) is 12.1 Å². The number of nitrogens with one attached hydrogen (secondary N) is 2. The molecule has 2 N–H and O–H groups in total. The lowest BCUT2D eigenvalue weighted by Crippen LogP contribution is -2.21. The number of aromatic nitrogens is 2. The van der Waals surface area contributed by atoms with Gasteiger partial charge in [-0.25, -0.2) is 9.78 Å². The largest absolute Gasteiger partial charge is 0.480 e. The van der Waals surface area contributed by atoms with Crippen LogP contribution in [0.1, 0.15) is 23.9 Å². The van der Waals surface area contributed by atoms with Crippen molar-refractivity contribution in [2.75, 3.05) is 17.7 Å². The van der Waals surface area contributed by atoms with E-state index in [1.807, 2.05) is 13.8 Å². The molecule has 0 aliphatic heterocycles. The van der Waals surface area contributed by atoms with E-state index >= 15 is 0 Å². The molecule has 0 saturated heterocycles. The first-order chi connectivity index (χ1) is 10.0. The molecule has 0 aromatic carbocycles. The van der Waals surface area contributed by atoms with Crippen molar-refractivity contribution in [2.24, 2.45) is 0 Å². The molecular weight excluding hydrogens is 272 g/mol. The maximum absolute atomic E-state index is 12.1. The van der Waals surface area contributed by atoms with Crippen LogP contribution in [0, 0.1) is 13.8 Å². The standard InChI is InChI=1S/C14H18N4O3/c1-5-11-12(9(3)18-21-11)17-14(19)16-10-6-8(2)7-15-13(10)20-4/h6-7H,5H2,1-4H3,(H2,16,17,19). The number of ether oxygens (including phenoxy) is 1. The summed E-state index contributed by atoms with van der Waals surface area (Å²) < 4.78 is 10.3. The smallest absolute Gasteiger partial charge is 0.323 e. The highest BCUT2D eigenvalue weighted by Crippen LogP contribution is 2.24. The quantitative estimate of drug-likeness (QED) is 0.903. The molecule has 0 aliphatic rings. The summed E-state index contributed by atoms with van der Waals surface area (Å²) in [7, 11) is 1.50. The molecule has 0 unspecified atom stereocenters. The highest BCUT2D eigenvalue weighted by molar-refractivity contribution is 6.01. The molecule has 112 valence electrons. The minimum absolute atomic E-state index is 0.355. The first-order valence-corrected chi connectivity index (χ1v) is 6.59. The van der Waals surface area contributed by atoms with Crippen LogP contribution in [0.15, 0.2) is 16.8 Å². The molecule has 0 saturated carbocycles. The number of nitrogens with zero attached hydrogens (tertiary/aromatic N) is 2. The Kier molecular flexibility index (Phi) is 4.42. The molecule has 7 nitrogen and oxygen atoms in total. The zero-order valence-electron chi connectivity index (χ0n) is 12.5. The summed E-state index contributed by atoms with van der Waals surface area (Å²) >= 11 is 0. The highest BCUT2D eigenvalue weighted by atomic mass is 16.5. The van der Waals surface area contributed by atoms with Crippen LogP contribution in [0.25, 0.3) is 0 Å². The lowest BCUT2D eigenvalue weighted by Gasteiger charge is -2.11. The third-order valence-corrected chi connectivity index (χ3v) is 2.92. The highest BCUT2D eigenvalue weighted by Gasteiger charge is 2.15. The summed E-state index contributed by atoms with van der Waals surface area (Å²) in [5.41, 5.74) is 2.65. The van der Waals surface area contributed by atoms with Crippen LogP contribution in [-0.2, 0) is 6.42 Å². The molecule has 0 radical (unpaired) electrons. The number of anilines is 2. The fraction of sp³-hybridized carbons (Fsp3) is 0.357. The average Bonchev–Trinajstić information content (AvgIpc) is 2.80. The number of amides is 2. The van der Waals surface area contributed by atoms with Gasteiger partial charge >= 0.3 is 6.03 Å². The van der Waals surface area contributed by atoms with Crippen LogP contribution >= 0.6 is 0 Å². The normalized spacial score (nSPS) is 10.3. The summed E-state index contributed by atoms with van der Waals surface area (Å²) in [5, 5.41) is 9.29. The lowest BCUT2D eigenvalue weighted by molar-refractivity contribution is 0.262. The van der Waals surface area contributed by atoms with E-state index < -0.39 is 6.03 Å². The Labute approximate surface area is 122 Å². The first-order valence-electron chi connectivity index (χ1n) is 6.59. The predicted molar refractivity (Wildman–Crippen MR) is 78.8 cm³/mol. The second kappa shape index (κ2) is 6.25. The molecule has 2 heterocycles. The first kappa shape index (κ1) is 14.8. The van der Waals surface area contributed by atoms with Crippen molar-refractivity contribution in [1.29, 1.82) is 0 Å². The summed E-state index contributed by atoms with van der Waals surface area (Å²) in [4.78, 5) is 16.2. The van der Waals surface area contributed by atoms with Crippen molar-refractivity contribution in [3.05, 3.63) is 29.3 Å². The van der Waals surface area contributed by atoms with Gasteiger partial charge in [0.15, 0.2) is 5.76 Å². The average molecular weight is 290 g/mol. The van der Waals surface area contributed by atoms with Crippen molar-refractivity contribution in [3.63, 3.8) is 0 Å². The van der Waals surface area contributed by atoms with E-state index in [1.165, 1.54) is 7.11 Å². The Morgan fingerprint density at radius 3 is 2.81 bits per heavy atom. The number of rotatable bonds is 4. The molecule has 0 bridgehead atoms. The van der Waals surface area contributed by atoms with E-state index in [4.69, 9.17) is 9.26 Å². The number of hydrogen-bond acceptors (Lipinski definition) is 5. The second-order valence-corrected chi connectivity index (χ2v) is 4.57. The van der Waals surface area contributed by atoms with Gasteiger partial charge in [0.25, 0.3) is 0 Å². The number of methoxy groups -OCH3 is 1. The van der Waals surface area contributed by atoms with Crippen LogP contribution in [0.5, 0.6) is 5.88 Å². The topological polar surface area (TPSA) is 89.3 Å². The van der Waals surface area contributed by atoms with Crippen LogP contribution in [-0.4, -0.2) is 23.3 Å². The second-order valence-electron chi connectivity index (χ2n) is 4.57. The number of hydrogen-bond donors (Lipinski definition) is 2. The Morgan fingerprint density at radius 2 is 2.14 bits per heavy atom. The van der Waals surface area contributed by atoms with Crippen molar-refractivity contribution in [3.8, 4) is 5.88 Å². The molecule has 21 heavy (non-hydrogen) atoms. The van der Waals surface area contributed by atoms with Gasteiger partial charge in [-0.15, -0.1) is 0 Å². The van der Waals surface area contributed by atoms with E-state index in [0.29, 0.717) is 35.1 Å². The predicted octanol–water partition coefficient (Wildman–Crippen LogP) is 2.90. The zero-order chi connectivity index (χ0) is 15.4. The maximum Gasteiger partial charge on any atom is 0.323 e. The van der Waals surface area contributed by atoms with Crippen LogP contribution in [0.2, 0.25) is 0 Å². The summed E-state index contributed by atoms with van der Waals surface area (Å²) in [6.45, 7) is 5.58. The molecule has 2 aromatic heterocycles. The van der Waals surface area contributed by atoms with Crippen molar-refractivity contribution >= 4 is 17.4 Å². The Hall–Kier alpha value is -2.57. The molecule has 2 amide bonds. The number of pyridine rings is 1. The molecule has 0 atom stereocenters. The Bertz CT molecular complexity index is 652. The van der Waals surface area contributed by atoms with Crippen LogP contribution in [0.4, 0.5) is 16.2 Å². The Balaban J connectivity index is 2.15. The number of urea groups is 1. The van der Waals surface area contributed by atoms with Crippen LogP contribution < -0.4 is 15.4 Å². The maximum atomic E-state index is 12.1. The molecule has 0 aliphatic carbocycles. The minimum Gasteiger partial charge on any atom is -0.480 e. The molecule has 0 fully saturated rings. The third-order valence-electron chi connectivity index (χ3n) is 2.92. The summed E-state index contributed by atoms with van der Waals surface area (Å²) in [6, 6.07) is 1.38. The lowest BCUT2D eigenvalue weighted by atomic mass is 10.2. The van der Waals surface area contributed by atoms with E-state index in [1.54, 1.807) is 19.2 Å². The number of carbonyl (C=O) groups is 1. The third kappa shape index (κ3) is 3.31. The number of carbonyl (C=O) groups excluding carboxylic acids is 1. The molecule has 2 aromatic rings. The fourth-order valence-electron chi connectivity index (χ4n) is 1.89. The van der Waals surface area contributed by atoms with Gasteiger partial charge < -0.3 is 19.9 Å². The van der Waals surface area contributed by atoms with Crippen molar-refractivity contribution in [1.82, 2.24) is 10.1 Å². The van der Waals surface area contributed by atoms with Gasteiger partial charge in [0.1, 0.15) is 17.1 Å². The molecule has 2 rings (SSSR count). The fourth-order valence-corrected chi connectivity index (χ4v) is 1.89. The number of aryl methyl sites for hydroxylation is 3. The summed E-state index contributed by atoms with van der Waals surface area (Å²) in [6.07, 6.45) is 2.31. The monoisotopic (exact) mass is 290 g/mol.